The van der Waals surface area contributed by atoms with Crippen molar-refractivity contribution < 1.29 is 58.7 Å². The normalized spacial score (nSPS) is 4.14. The molecule has 0 rings (SSSR count). The molecule has 0 saturated carbocycles. The van der Waals surface area contributed by atoms with Crippen molar-refractivity contribution in [2.24, 2.45) is 0 Å². The van der Waals surface area contributed by atoms with Crippen molar-refractivity contribution in [3.05, 3.63) is 0 Å². The van der Waals surface area contributed by atoms with E-state index in [1.165, 1.54) is 0 Å². The molecular weight excluding hydrogens is 259 g/mol. The van der Waals surface area contributed by atoms with Crippen LogP contribution >= 0.6 is 0 Å². The molecule has 0 aromatic rings. The molecule has 0 aliphatic rings. The third-order valence-electron chi connectivity index (χ3n) is 0. The third-order valence-corrected chi connectivity index (χ3v) is 0. The Morgan fingerprint density at radius 1 is 0.714 bits per heavy atom. The maximum atomic E-state index is 8.74. The minimum absolute atomic E-state index is 0. The summed E-state index contributed by atoms with van der Waals surface area (Å²) in [5.41, 5.74) is 0. The molecule has 0 aliphatic heterocycles. The molecule has 0 heterocycles. The van der Waals surface area contributed by atoms with Crippen LogP contribution in [-0.2, 0) is 10.4 Å². The maximum Gasteiger partial charge on any atom is 2.00 e. The fourth-order valence-electron chi connectivity index (χ4n) is 0. The summed E-state index contributed by atoms with van der Waals surface area (Å²) in [7, 11) is -4.67. The van der Waals surface area contributed by atoms with Crippen LogP contribution in [0.15, 0.2) is 0 Å². The monoisotopic (exact) mass is 280 g/mol. The van der Waals surface area contributed by atoms with Crippen molar-refractivity contribution >= 4 is 50.8 Å². The molecular formula is H21AlMgO11S. The summed E-state index contributed by atoms with van der Waals surface area (Å²) < 4.78 is 31.6. The summed E-state index contributed by atoms with van der Waals surface area (Å²) in [4.78, 5) is 0. The van der Waals surface area contributed by atoms with Crippen molar-refractivity contribution in [3.8, 4) is 0 Å². The van der Waals surface area contributed by atoms with Gasteiger partial charge >= 0.3 is 33.5 Å². The molecule has 0 aromatic heterocycles. The van der Waals surface area contributed by atoms with E-state index in [4.69, 9.17) is 17.5 Å². The van der Waals surface area contributed by atoms with Crippen LogP contribution in [0, 0.1) is 0 Å². The van der Waals surface area contributed by atoms with Crippen molar-refractivity contribution in [3.63, 3.8) is 0 Å². The van der Waals surface area contributed by atoms with Crippen LogP contribution in [0.5, 0.6) is 0 Å². The van der Waals surface area contributed by atoms with Crippen LogP contribution in [0.3, 0.4) is 0 Å². The first kappa shape index (κ1) is 120. The van der Waals surface area contributed by atoms with E-state index in [1.807, 2.05) is 0 Å². The summed E-state index contributed by atoms with van der Waals surface area (Å²) in [6.45, 7) is 0. The second kappa shape index (κ2) is 48.6. The van der Waals surface area contributed by atoms with E-state index >= 15 is 0 Å². The van der Waals surface area contributed by atoms with Crippen molar-refractivity contribution in [1.82, 2.24) is 0 Å². The zero-order chi connectivity index (χ0) is 4.50. The number of rotatable bonds is 0. The van der Waals surface area contributed by atoms with Gasteiger partial charge in [-0.2, -0.15) is 8.42 Å². The first-order valence-electron chi connectivity index (χ1n) is 0.698. The van der Waals surface area contributed by atoms with Gasteiger partial charge in [0.25, 0.3) is 0 Å². The van der Waals surface area contributed by atoms with Gasteiger partial charge in [0, 0.05) is 0 Å². The van der Waals surface area contributed by atoms with Gasteiger partial charge < -0.3 is 41.2 Å². The average molecular weight is 281 g/mol. The maximum absolute atomic E-state index is 8.74. The third kappa shape index (κ3) is 2310. The van der Waals surface area contributed by atoms with Crippen LogP contribution in [0.25, 0.3) is 0 Å². The molecule has 0 saturated heterocycles. The molecule has 0 unspecified atom stereocenters. The molecule has 0 radical (unpaired) electrons. The molecule has 14 heavy (non-hydrogen) atoms. The standard InChI is InChI=1S/Al.Mg.H2O4S.7H2O.5H/c;;1-5(2,3)4;;;;;;;;;;;;/h;;(H2,1,2,3,4);7*1H2;;;;;/q;+2;;;;;;;;;;;;2*-1. The van der Waals surface area contributed by atoms with Crippen LogP contribution < -0.4 is 0 Å². The SMILES string of the molecule is O.O.O.O.O.O.O.O=S(=O)(O)O.[AlH3].[H-].[H-].[Mg+2]. The molecule has 14 heteroatoms. The van der Waals surface area contributed by atoms with E-state index in [-0.39, 0.29) is 81.6 Å². The second-order valence-corrected chi connectivity index (χ2v) is 1.34. The molecule has 0 aliphatic carbocycles. The summed E-state index contributed by atoms with van der Waals surface area (Å²) in [5, 5.41) is 0. The van der Waals surface area contributed by atoms with E-state index in [1.54, 1.807) is 0 Å². The minimum atomic E-state index is -4.67. The van der Waals surface area contributed by atoms with Crippen molar-refractivity contribution in [2.75, 3.05) is 0 Å². The average Bonchev–Trinajstić information content (AvgIpc) is 0.722. The van der Waals surface area contributed by atoms with Gasteiger partial charge in [0.05, 0.1) is 0 Å². The molecule has 98 valence electrons. The molecule has 0 atom stereocenters. The van der Waals surface area contributed by atoms with Crippen LogP contribution in [0.1, 0.15) is 2.85 Å². The summed E-state index contributed by atoms with van der Waals surface area (Å²) >= 11 is 0. The van der Waals surface area contributed by atoms with Gasteiger partial charge in [-0.25, -0.2) is 0 Å². The Morgan fingerprint density at radius 3 is 0.714 bits per heavy atom. The summed E-state index contributed by atoms with van der Waals surface area (Å²) in [6, 6.07) is 0. The second-order valence-electron chi connectivity index (χ2n) is 0.448. The van der Waals surface area contributed by atoms with E-state index in [0.29, 0.717) is 0 Å². The van der Waals surface area contributed by atoms with Crippen molar-refractivity contribution in [1.29, 1.82) is 0 Å². The fourth-order valence-corrected chi connectivity index (χ4v) is 0. The van der Waals surface area contributed by atoms with Gasteiger partial charge in [-0.15, -0.1) is 0 Å². The molecule has 16 N–H and O–H groups in total. The quantitative estimate of drug-likeness (QED) is 0.322. The molecule has 0 aromatic carbocycles. The Labute approximate surface area is 109 Å². The first-order chi connectivity index (χ1) is 2.00. The minimum Gasteiger partial charge on any atom is -1.00 e. The predicted octanol–water partition coefficient (Wildman–Crippen LogP) is -7.77. The zero-order valence-electron chi connectivity index (χ0n) is 8.33. The number of hydrogen-bond acceptors (Lipinski definition) is 2. The van der Waals surface area contributed by atoms with Gasteiger partial charge in [0.1, 0.15) is 0 Å². The van der Waals surface area contributed by atoms with E-state index in [9.17, 15) is 0 Å². The predicted molar refractivity (Wildman–Crippen MR) is 57.4 cm³/mol. The van der Waals surface area contributed by atoms with E-state index in [2.05, 4.69) is 0 Å². The topological polar surface area (TPSA) is 295 Å². The van der Waals surface area contributed by atoms with Crippen LogP contribution in [0.4, 0.5) is 0 Å². The fraction of sp³-hybridized carbons (Fsp3) is 0. The zero-order valence-corrected chi connectivity index (χ0v) is 8.56. The Balaban J connectivity index is -0.00000000145. The van der Waals surface area contributed by atoms with Crippen LogP contribution in [-0.4, -0.2) is 96.3 Å². The molecule has 11 nitrogen and oxygen atoms in total. The Hall–Kier alpha value is 0.889. The van der Waals surface area contributed by atoms with Gasteiger partial charge in [-0.05, 0) is 0 Å². The summed E-state index contributed by atoms with van der Waals surface area (Å²) in [6.07, 6.45) is 0. The van der Waals surface area contributed by atoms with Gasteiger partial charge in [0.2, 0.25) is 0 Å². The van der Waals surface area contributed by atoms with Crippen molar-refractivity contribution in [2.45, 2.75) is 0 Å². The van der Waals surface area contributed by atoms with Gasteiger partial charge in [-0.1, -0.05) is 0 Å². The first-order valence-corrected chi connectivity index (χ1v) is 2.10. The smallest absolute Gasteiger partial charge is 1.00 e. The number of hydrogen-bond donors (Lipinski definition) is 2. The molecule has 0 fully saturated rings. The Morgan fingerprint density at radius 2 is 0.714 bits per heavy atom. The Bertz CT molecular complexity index is 107. The van der Waals surface area contributed by atoms with E-state index in [0.717, 1.165) is 0 Å². The van der Waals surface area contributed by atoms with Gasteiger partial charge in [0.15, 0.2) is 17.4 Å². The largest absolute Gasteiger partial charge is 2.00 e. The van der Waals surface area contributed by atoms with E-state index < -0.39 is 10.4 Å². The summed E-state index contributed by atoms with van der Waals surface area (Å²) in [5.74, 6) is 0. The molecule has 0 spiro atoms. The molecule has 0 amide bonds. The Kier molecular flexibility index (Phi) is 417. The molecule has 0 bridgehead atoms. The van der Waals surface area contributed by atoms with Crippen LogP contribution in [0.2, 0.25) is 0 Å². The van der Waals surface area contributed by atoms with Gasteiger partial charge in [-0.3, -0.25) is 9.11 Å².